The summed E-state index contributed by atoms with van der Waals surface area (Å²) in [5.74, 6) is 0.394. The van der Waals surface area contributed by atoms with Crippen LogP contribution in [0.1, 0.15) is 31.2 Å². The molecule has 0 heterocycles. The van der Waals surface area contributed by atoms with Crippen LogP contribution < -0.4 is 5.73 Å². The topological polar surface area (TPSA) is 46.3 Å². The van der Waals surface area contributed by atoms with E-state index in [1.165, 1.54) is 5.56 Å². The summed E-state index contributed by atoms with van der Waals surface area (Å²) in [6.07, 6.45) is 4.88. The van der Waals surface area contributed by atoms with Crippen molar-refractivity contribution in [2.45, 2.75) is 38.1 Å². The Morgan fingerprint density at radius 2 is 2.05 bits per heavy atom. The highest BCUT2D eigenvalue weighted by atomic mass is 79.9. The molecule has 3 nitrogen and oxygen atoms in total. The lowest BCUT2D eigenvalue weighted by molar-refractivity contribution is -0.135. The van der Waals surface area contributed by atoms with Crippen molar-refractivity contribution in [3.8, 4) is 0 Å². The Hall–Kier alpha value is -0.870. The quantitative estimate of drug-likeness (QED) is 0.917. The van der Waals surface area contributed by atoms with Crippen LogP contribution in [0.4, 0.5) is 0 Å². The van der Waals surface area contributed by atoms with Gasteiger partial charge in [-0.3, -0.25) is 4.79 Å². The summed E-state index contributed by atoms with van der Waals surface area (Å²) >= 11 is 3.43. The molecule has 0 radical (unpaired) electrons. The van der Waals surface area contributed by atoms with E-state index in [-0.39, 0.29) is 17.9 Å². The molecule has 1 aromatic rings. The van der Waals surface area contributed by atoms with Gasteiger partial charge in [0, 0.05) is 30.0 Å². The van der Waals surface area contributed by atoms with Crippen LogP contribution in [0.15, 0.2) is 28.7 Å². The van der Waals surface area contributed by atoms with Gasteiger partial charge >= 0.3 is 0 Å². The summed E-state index contributed by atoms with van der Waals surface area (Å²) < 4.78 is 1.09. The third-order valence-corrected chi connectivity index (χ3v) is 4.62. The molecule has 110 valence electrons. The van der Waals surface area contributed by atoms with E-state index in [2.05, 4.69) is 28.1 Å². The molecule has 0 spiro atoms. The van der Waals surface area contributed by atoms with Crippen molar-refractivity contribution in [2.24, 2.45) is 11.7 Å². The van der Waals surface area contributed by atoms with Gasteiger partial charge in [-0.15, -0.1) is 0 Å². The Labute approximate surface area is 129 Å². The van der Waals surface area contributed by atoms with Gasteiger partial charge in [-0.25, -0.2) is 0 Å². The number of amides is 1. The van der Waals surface area contributed by atoms with Crippen molar-refractivity contribution < 1.29 is 4.79 Å². The van der Waals surface area contributed by atoms with Crippen molar-refractivity contribution in [2.75, 3.05) is 13.6 Å². The standard InChI is InChI=1S/C16H23BrN2O/c1-19(10-9-12-5-7-14(17)8-6-12)16(20)13-3-2-4-15(18)11-13/h5-8,13,15H,2-4,9-11,18H2,1H3. The van der Waals surface area contributed by atoms with Crippen LogP contribution in [0.5, 0.6) is 0 Å². The molecule has 1 amide bonds. The molecule has 2 atom stereocenters. The first kappa shape index (κ1) is 15.5. The summed E-state index contributed by atoms with van der Waals surface area (Å²) in [7, 11) is 1.90. The Kier molecular flexibility index (Phi) is 5.61. The van der Waals surface area contributed by atoms with Crippen LogP contribution in [0.25, 0.3) is 0 Å². The second kappa shape index (κ2) is 7.23. The number of nitrogens with zero attached hydrogens (tertiary/aromatic N) is 1. The van der Waals surface area contributed by atoms with E-state index >= 15 is 0 Å². The Morgan fingerprint density at radius 1 is 1.35 bits per heavy atom. The maximum atomic E-state index is 12.4. The second-order valence-corrected chi connectivity index (χ2v) is 6.68. The van der Waals surface area contributed by atoms with Crippen molar-refractivity contribution in [1.29, 1.82) is 0 Å². The summed E-state index contributed by atoms with van der Waals surface area (Å²) in [6.45, 7) is 0.770. The maximum absolute atomic E-state index is 12.4. The molecule has 2 unspecified atom stereocenters. The number of halogens is 1. The summed E-state index contributed by atoms with van der Waals surface area (Å²) in [5, 5.41) is 0. The molecule has 0 aromatic heterocycles. The van der Waals surface area contributed by atoms with Crippen LogP contribution in [-0.2, 0) is 11.2 Å². The van der Waals surface area contributed by atoms with Gasteiger partial charge in [-0.05, 0) is 43.4 Å². The minimum atomic E-state index is 0.133. The minimum absolute atomic E-state index is 0.133. The van der Waals surface area contributed by atoms with Crippen molar-refractivity contribution in [1.82, 2.24) is 4.90 Å². The average Bonchev–Trinajstić information content (AvgIpc) is 2.45. The number of likely N-dealkylation sites (N-methyl/N-ethyl adjacent to an activating group) is 1. The molecule has 2 rings (SSSR count). The first-order chi connectivity index (χ1) is 9.56. The van der Waals surface area contributed by atoms with Gasteiger partial charge in [0.1, 0.15) is 0 Å². The van der Waals surface area contributed by atoms with E-state index in [4.69, 9.17) is 5.73 Å². The van der Waals surface area contributed by atoms with Gasteiger partial charge in [-0.2, -0.15) is 0 Å². The SMILES string of the molecule is CN(CCc1ccc(Br)cc1)C(=O)C1CCCC(N)C1. The predicted octanol–water partition coefficient (Wildman–Crippen LogP) is 2.97. The summed E-state index contributed by atoms with van der Waals surface area (Å²) in [4.78, 5) is 14.2. The van der Waals surface area contributed by atoms with E-state index < -0.39 is 0 Å². The molecule has 1 saturated carbocycles. The monoisotopic (exact) mass is 338 g/mol. The molecule has 1 fully saturated rings. The number of hydrogen-bond donors (Lipinski definition) is 1. The van der Waals surface area contributed by atoms with Gasteiger partial charge in [0.2, 0.25) is 5.91 Å². The highest BCUT2D eigenvalue weighted by Crippen LogP contribution is 2.24. The van der Waals surface area contributed by atoms with Crippen LogP contribution >= 0.6 is 15.9 Å². The number of nitrogens with two attached hydrogens (primary N) is 1. The maximum Gasteiger partial charge on any atom is 0.225 e. The second-order valence-electron chi connectivity index (χ2n) is 5.76. The van der Waals surface area contributed by atoms with E-state index in [0.29, 0.717) is 0 Å². The predicted molar refractivity (Wildman–Crippen MR) is 85.4 cm³/mol. The molecular formula is C16H23BrN2O. The fraction of sp³-hybridized carbons (Fsp3) is 0.562. The highest BCUT2D eigenvalue weighted by Gasteiger charge is 2.27. The zero-order valence-corrected chi connectivity index (χ0v) is 13.6. The molecule has 0 saturated heterocycles. The lowest BCUT2D eigenvalue weighted by atomic mass is 9.85. The van der Waals surface area contributed by atoms with Crippen LogP contribution in [0.2, 0.25) is 0 Å². The highest BCUT2D eigenvalue weighted by molar-refractivity contribution is 9.10. The van der Waals surface area contributed by atoms with Crippen LogP contribution in [0.3, 0.4) is 0 Å². The first-order valence-corrected chi connectivity index (χ1v) is 8.10. The molecule has 1 aliphatic rings. The fourth-order valence-electron chi connectivity index (χ4n) is 2.82. The van der Waals surface area contributed by atoms with Gasteiger partial charge in [-0.1, -0.05) is 34.5 Å². The van der Waals surface area contributed by atoms with E-state index in [1.54, 1.807) is 0 Å². The number of carbonyl (C=O) groups is 1. The molecular weight excluding hydrogens is 316 g/mol. The first-order valence-electron chi connectivity index (χ1n) is 7.31. The normalized spacial score (nSPS) is 22.6. The number of hydrogen-bond acceptors (Lipinski definition) is 2. The minimum Gasteiger partial charge on any atom is -0.345 e. The van der Waals surface area contributed by atoms with Gasteiger partial charge < -0.3 is 10.6 Å². The Morgan fingerprint density at radius 3 is 2.70 bits per heavy atom. The molecule has 1 aliphatic carbocycles. The van der Waals surface area contributed by atoms with Gasteiger partial charge in [0.25, 0.3) is 0 Å². The third kappa shape index (κ3) is 4.32. The average molecular weight is 339 g/mol. The van der Waals surface area contributed by atoms with Crippen molar-refractivity contribution in [3.05, 3.63) is 34.3 Å². The summed E-state index contributed by atoms with van der Waals surface area (Å²) in [6, 6.07) is 8.48. The molecule has 20 heavy (non-hydrogen) atoms. The van der Waals surface area contributed by atoms with Gasteiger partial charge in [0.05, 0.1) is 0 Å². The molecule has 4 heteroatoms. The van der Waals surface area contributed by atoms with Gasteiger partial charge in [0.15, 0.2) is 0 Å². The summed E-state index contributed by atoms with van der Waals surface area (Å²) in [5.41, 5.74) is 7.22. The number of rotatable bonds is 4. The van der Waals surface area contributed by atoms with E-state index in [9.17, 15) is 4.79 Å². The lowest BCUT2D eigenvalue weighted by Crippen LogP contribution is -2.39. The Balaban J connectivity index is 1.83. The fourth-order valence-corrected chi connectivity index (χ4v) is 3.09. The molecule has 0 bridgehead atoms. The van der Waals surface area contributed by atoms with E-state index in [1.807, 2.05) is 24.1 Å². The third-order valence-electron chi connectivity index (χ3n) is 4.09. The van der Waals surface area contributed by atoms with Crippen LogP contribution in [0, 0.1) is 5.92 Å². The molecule has 2 N–H and O–H groups in total. The largest absolute Gasteiger partial charge is 0.345 e. The van der Waals surface area contributed by atoms with Crippen molar-refractivity contribution >= 4 is 21.8 Å². The lowest BCUT2D eigenvalue weighted by Gasteiger charge is -2.29. The number of benzene rings is 1. The van der Waals surface area contributed by atoms with Crippen LogP contribution in [-0.4, -0.2) is 30.4 Å². The Bertz CT molecular complexity index is 446. The molecule has 0 aliphatic heterocycles. The number of carbonyl (C=O) groups excluding carboxylic acids is 1. The van der Waals surface area contributed by atoms with E-state index in [0.717, 1.165) is 43.1 Å². The zero-order valence-electron chi connectivity index (χ0n) is 12.0. The van der Waals surface area contributed by atoms with Crippen molar-refractivity contribution in [3.63, 3.8) is 0 Å². The smallest absolute Gasteiger partial charge is 0.225 e. The molecule has 1 aromatic carbocycles. The zero-order chi connectivity index (χ0) is 14.5.